The molecule has 10 heteroatoms. The van der Waals surface area contributed by atoms with Crippen LogP contribution in [0, 0.1) is 23.7 Å². The molecule has 0 spiro atoms. The van der Waals surface area contributed by atoms with Crippen LogP contribution in [0.4, 0.5) is 13.2 Å². The zero-order valence-corrected chi connectivity index (χ0v) is 20.7. The van der Waals surface area contributed by atoms with E-state index in [0.717, 1.165) is 31.4 Å². The van der Waals surface area contributed by atoms with E-state index in [1.54, 1.807) is 6.92 Å². The van der Waals surface area contributed by atoms with Gasteiger partial charge in [-0.15, -0.1) is 0 Å². The molecule has 1 aromatic carbocycles. The predicted octanol–water partition coefficient (Wildman–Crippen LogP) is 3.95. The molecule has 0 radical (unpaired) electrons. The molecule has 0 aromatic heterocycles. The standard InChI is InChI=1S/C25H35F3O6S/c1-2-33-24(31)15-35(32)9-8-16-10-17-12-23(30)21(22(17)11-16)7-6-19(29)14-34-20-5-3-4-18(13-20)25(26,27)28/h3-5,13,16-17,19,21-23,29-30H,2,6-12,14-15H2,1H3/t16?,17-,19?,21+,22-,23+,35?/m1/s1. The monoisotopic (exact) mass is 520 g/mol. The second-order valence-corrected chi connectivity index (χ2v) is 11.3. The summed E-state index contributed by atoms with van der Waals surface area (Å²) in [4.78, 5) is 11.5. The fourth-order valence-electron chi connectivity index (χ4n) is 5.61. The van der Waals surface area contributed by atoms with Crippen molar-refractivity contribution in [1.82, 2.24) is 0 Å². The first-order valence-electron chi connectivity index (χ1n) is 12.2. The third-order valence-electron chi connectivity index (χ3n) is 7.21. The van der Waals surface area contributed by atoms with E-state index in [0.29, 0.717) is 42.8 Å². The number of hydrogen-bond donors (Lipinski definition) is 2. The predicted molar refractivity (Wildman–Crippen MR) is 125 cm³/mol. The largest absolute Gasteiger partial charge is 0.616 e. The lowest BCUT2D eigenvalue weighted by atomic mass is 9.86. The summed E-state index contributed by atoms with van der Waals surface area (Å²) in [5.74, 6) is 1.20. The number of fused-ring (bicyclic) bond motifs is 1. The number of hydrogen-bond acceptors (Lipinski definition) is 6. The Kier molecular flexibility index (Phi) is 10.2. The highest BCUT2D eigenvalue weighted by atomic mass is 32.2. The number of esters is 1. The second kappa shape index (κ2) is 12.7. The van der Waals surface area contributed by atoms with Crippen LogP contribution in [-0.2, 0) is 26.9 Å². The van der Waals surface area contributed by atoms with Gasteiger partial charge in [-0.05, 0) is 98.5 Å². The van der Waals surface area contributed by atoms with Gasteiger partial charge in [0.1, 0.15) is 18.1 Å². The quantitative estimate of drug-likeness (QED) is 0.320. The average Bonchev–Trinajstić information content (AvgIpc) is 3.31. The Balaban J connectivity index is 1.41. The van der Waals surface area contributed by atoms with Crippen LogP contribution in [0.25, 0.3) is 0 Å². The molecule has 2 aliphatic rings. The smallest absolute Gasteiger partial charge is 0.416 e. The van der Waals surface area contributed by atoms with Crippen LogP contribution < -0.4 is 4.74 Å². The van der Waals surface area contributed by atoms with Crippen LogP contribution in [-0.4, -0.2) is 57.7 Å². The van der Waals surface area contributed by atoms with Gasteiger partial charge in [-0.2, -0.15) is 13.2 Å². The van der Waals surface area contributed by atoms with Crippen molar-refractivity contribution in [2.24, 2.45) is 23.7 Å². The molecule has 35 heavy (non-hydrogen) atoms. The summed E-state index contributed by atoms with van der Waals surface area (Å²) in [7, 11) is 0. The molecular weight excluding hydrogens is 485 g/mol. The van der Waals surface area contributed by atoms with E-state index in [2.05, 4.69) is 0 Å². The van der Waals surface area contributed by atoms with Crippen molar-refractivity contribution in [2.75, 3.05) is 24.7 Å². The SMILES string of the molecule is CCOC(=O)C[S+]([O-])CCC1C[C@@H]2C[C@H](O)[C@@H](CCC(O)COc3cccc(C(F)(F)F)c3)[C@@H]2C1. The number of benzene rings is 1. The van der Waals surface area contributed by atoms with Crippen LogP contribution in [0.1, 0.15) is 51.0 Å². The van der Waals surface area contributed by atoms with Crippen LogP contribution >= 0.6 is 0 Å². The summed E-state index contributed by atoms with van der Waals surface area (Å²) in [6.07, 6.45) is -1.35. The van der Waals surface area contributed by atoms with Crippen LogP contribution in [0.2, 0.25) is 0 Å². The minimum atomic E-state index is -4.46. The van der Waals surface area contributed by atoms with E-state index in [9.17, 15) is 32.7 Å². The minimum absolute atomic E-state index is 0.0539. The Bertz CT molecular complexity index is 823. The summed E-state index contributed by atoms with van der Waals surface area (Å²) in [5.41, 5.74) is -0.801. The lowest BCUT2D eigenvalue weighted by Crippen LogP contribution is -2.25. The maximum Gasteiger partial charge on any atom is 0.416 e. The molecule has 0 bridgehead atoms. The molecular formula is C25H35F3O6S. The number of carbonyl (C=O) groups is 1. The van der Waals surface area contributed by atoms with E-state index < -0.39 is 41.1 Å². The Labute approximate surface area is 207 Å². The van der Waals surface area contributed by atoms with Crippen molar-refractivity contribution in [2.45, 2.75) is 63.8 Å². The van der Waals surface area contributed by atoms with E-state index in [1.165, 1.54) is 12.1 Å². The molecule has 2 saturated carbocycles. The van der Waals surface area contributed by atoms with Gasteiger partial charge in [0.25, 0.3) is 0 Å². The fraction of sp³-hybridized carbons (Fsp3) is 0.720. The summed E-state index contributed by atoms with van der Waals surface area (Å²) in [5, 5.41) is 20.9. The number of ether oxygens (including phenoxy) is 2. The third kappa shape index (κ3) is 8.27. The van der Waals surface area contributed by atoms with Crippen molar-refractivity contribution in [3.05, 3.63) is 29.8 Å². The van der Waals surface area contributed by atoms with Gasteiger partial charge in [-0.1, -0.05) is 6.07 Å². The topological polar surface area (TPSA) is 99.1 Å². The van der Waals surface area contributed by atoms with E-state index >= 15 is 0 Å². The Morgan fingerprint density at radius 3 is 2.74 bits per heavy atom. The number of aliphatic hydroxyl groups is 2. The molecule has 1 aromatic rings. The summed E-state index contributed by atoms with van der Waals surface area (Å²) in [6.45, 7) is 1.87. The highest BCUT2D eigenvalue weighted by Gasteiger charge is 2.47. The van der Waals surface area contributed by atoms with Gasteiger partial charge in [-0.3, -0.25) is 0 Å². The summed E-state index contributed by atoms with van der Waals surface area (Å²) < 4.78 is 60.9. The zero-order valence-electron chi connectivity index (χ0n) is 19.9. The van der Waals surface area contributed by atoms with Crippen LogP contribution in [0.3, 0.4) is 0 Å². The average molecular weight is 521 g/mol. The van der Waals surface area contributed by atoms with E-state index in [4.69, 9.17) is 9.47 Å². The maximum atomic E-state index is 12.8. The highest BCUT2D eigenvalue weighted by Crippen LogP contribution is 2.52. The van der Waals surface area contributed by atoms with Gasteiger partial charge in [0.05, 0.1) is 24.4 Å². The van der Waals surface area contributed by atoms with Crippen molar-refractivity contribution in [3.63, 3.8) is 0 Å². The lowest BCUT2D eigenvalue weighted by molar-refractivity contribution is -0.140. The molecule has 7 atom stereocenters. The van der Waals surface area contributed by atoms with Crippen molar-refractivity contribution in [3.8, 4) is 5.75 Å². The van der Waals surface area contributed by atoms with Gasteiger partial charge in [-0.25, -0.2) is 4.79 Å². The molecule has 3 rings (SSSR count). The maximum absolute atomic E-state index is 12.8. The molecule has 3 unspecified atom stereocenters. The molecule has 0 amide bonds. The van der Waals surface area contributed by atoms with Crippen molar-refractivity contribution in [1.29, 1.82) is 0 Å². The molecule has 2 N–H and O–H groups in total. The number of rotatable bonds is 12. The number of alkyl halides is 3. The Hall–Kier alpha value is -1.49. The van der Waals surface area contributed by atoms with E-state index in [1.807, 2.05) is 0 Å². The first-order chi connectivity index (χ1) is 16.6. The molecule has 0 heterocycles. The fourth-order valence-corrected chi connectivity index (χ4v) is 6.70. The Morgan fingerprint density at radius 2 is 2.03 bits per heavy atom. The number of carbonyl (C=O) groups excluding carboxylic acids is 1. The first-order valence-corrected chi connectivity index (χ1v) is 13.7. The second-order valence-electron chi connectivity index (χ2n) is 9.68. The van der Waals surface area contributed by atoms with Crippen LogP contribution in [0.5, 0.6) is 5.75 Å². The highest BCUT2D eigenvalue weighted by molar-refractivity contribution is 7.92. The molecule has 0 aliphatic heterocycles. The summed E-state index contributed by atoms with van der Waals surface area (Å²) >= 11 is -1.24. The zero-order chi connectivity index (χ0) is 25.6. The van der Waals surface area contributed by atoms with E-state index in [-0.39, 0.29) is 30.6 Å². The van der Waals surface area contributed by atoms with Crippen LogP contribution in [0.15, 0.2) is 24.3 Å². The van der Waals surface area contributed by atoms with Gasteiger partial charge < -0.3 is 24.2 Å². The summed E-state index contributed by atoms with van der Waals surface area (Å²) in [6, 6.07) is 4.57. The van der Waals surface area contributed by atoms with Crippen molar-refractivity contribution >= 4 is 17.1 Å². The van der Waals surface area contributed by atoms with Gasteiger partial charge in [0.15, 0.2) is 0 Å². The number of halogens is 3. The minimum Gasteiger partial charge on any atom is -0.616 e. The van der Waals surface area contributed by atoms with Gasteiger partial charge in [0, 0.05) is 0 Å². The molecule has 6 nitrogen and oxygen atoms in total. The van der Waals surface area contributed by atoms with Gasteiger partial charge >= 0.3 is 12.1 Å². The first kappa shape index (κ1) is 28.1. The molecule has 0 saturated heterocycles. The molecule has 2 fully saturated rings. The Morgan fingerprint density at radius 1 is 1.26 bits per heavy atom. The molecule has 2 aliphatic carbocycles. The third-order valence-corrected chi connectivity index (χ3v) is 8.46. The van der Waals surface area contributed by atoms with Gasteiger partial charge in [0.2, 0.25) is 5.75 Å². The normalized spacial score (nSPS) is 27.9. The lowest BCUT2D eigenvalue weighted by Gasteiger charge is -2.23. The number of aliphatic hydroxyl groups excluding tert-OH is 2. The van der Waals surface area contributed by atoms with Crippen molar-refractivity contribution < 1.29 is 42.2 Å². The molecule has 198 valence electrons.